The molecule has 3 rings (SSSR count). The van der Waals surface area contributed by atoms with Crippen LogP contribution >= 0.6 is 0 Å². The SMILES string of the molecule is O=C(Nc1ccc(F)cc1F)c1ccc(N2CCCC2)nn1. The van der Waals surface area contributed by atoms with Gasteiger partial charge in [-0.25, -0.2) is 8.78 Å². The molecule has 1 fully saturated rings. The number of hydrogen-bond acceptors (Lipinski definition) is 4. The van der Waals surface area contributed by atoms with Crippen LogP contribution in [0.15, 0.2) is 30.3 Å². The van der Waals surface area contributed by atoms with E-state index in [4.69, 9.17) is 0 Å². The molecule has 22 heavy (non-hydrogen) atoms. The van der Waals surface area contributed by atoms with Crippen LogP contribution in [0, 0.1) is 11.6 Å². The molecule has 5 nitrogen and oxygen atoms in total. The zero-order valence-corrected chi connectivity index (χ0v) is 11.7. The van der Waals surface area contributed by atoms with Crippen molar-refractivity contribution in [1.82, 2.24) is 10.2 Å². The number of aromatic nitrogens is 2. The van der Waals surface area contributed by atoms with Crippen LogP contribution in [-0.2, 0) is 0 Å². The van der Waals surface area contributed by atoms with Crippen LogP contribution in [0.5, 0.6) is 0 Å². The van der Waals surface area contributed by atoms with E-state index in [1.165, 1.54) is 6.07 Å². The van der Waals surface area contributed by atoms with Gasteiger partial charge < -0.3 is 10.2 Å². The van der Waals surface area contributed by atoms with Gasteiger partial charge in [-0.15, -0.1) is 10.2 Å². The minimum atomic E-state index is -0.838. The fraction of sp³-hybridized carbons (Fsp3) is 0.267. The molecule has 1 amide bonds. The van der Waals surface area contributed by atoms with E-state index >= 15 is 0 Å². The number of nitrogens with one attached hydrogen (secondary N) is 1. The third kappa shape index (κ3) is 3.03. The number of rotatable bonds is 3. The van der Waals surface area contributed by atoms with Gasteiger partial charge in [0.15, 0.2) is 11.5 Å². The minimum Gasteiger partial charge on any atom is -0.355 e. The Morgan fingerprint density at radius 1 is 1.09 bits per heavy atom. The van der Waals surface area contributed by atoms with E-state index in [9.17, 15) is 13.6 Å². The number of hydrogen-bond donors (Lipinski definition) is 1. The monoisotopic (exact) mass is 304 g/mol. The van der Waals surface area contributed by atoms with Crippen LogP contribution in [0.25, 0.3) is 0 Å². The topological polar surface area (TPSA) is 58.1 Å². The number of amides is 1. The summed E-state index contributed by atoms with van der Waals surface area (Å²) in [6.07, 6.45) is 2.24. The molecule has 2 heterocycles. The quantitative estimate of drug-likeness (QED) is 0.947. The number of nitrogens with zero attached hydrogens (tertiary/aromatic N) is 3. The third-order valence-corrected chi connectivity index (χ3v) is 3.49. The van der Waals surface area contributed by atoms with E-state index in [1.54, 1.807) is 6.07 Å². The standard InChI is InChI=1S/C15H14F2N4O/c16-10-3-4-12(11(17)9-10)18-15(22)13-5-6-14(20-19-13)21-7-1-2-8-21/h3-6,9H,1-2,7-8H2,(H,18,22). The summed E-state index contributed by atoms with van der Waals surface area (Å²) in [6.45, 7) is 1.86. The lowest BCUT2D eigenvalue weighted by Gasteiger charge is -2.15. The highest BCUT2D eigenvalue weighted by Crippen LogP contribution is 2.18. The molecule has 0 bridgehead atoms. The summed E-state index contributed by atoms with van der Waals surface area (Å²) in [5.74, 6) is -1.41. The Morgan fingerprint density at radius 3 is 2.50 bits per heavy atom. The predicted molar refractivity (Wildman–Crippen MR) is 77.8 cm³/mol. The van der Waals surface area contributed by atoms with Crippen molar-refractivity contribution >= 4 is 17.4 Å². The van der Waals surface area contributed by atoms with Crippen LogP contribution < -0.4 is 10.2 Å². The molecule has 114 valence electrons. The lowest BCUT2D eigenvalue weighted by Crippen LogP contribution is -2.21. The fourth-order valence-corrected chi connectivity index (χ4v) is 2.34. The van der Waals surface area contributed by atoms with Crippen molar-refractivity contribution in [2.45, 2.75) is 12.8 Å². The highest BCUT2D eigenvalue weighted by atomic mass is 19.1. The molecule has 0 unspecified atom stereocenters. The molecule has 1 aromatic carbocycles. The van der Waals surface area contributed by atoms with Gasteiger partial charge in [0, 0.05) is 19.2 Å². The molecule has 1 aliphatic heterocycles. The smallest absolute Gasteiger partial charge is 0.276 e. The average Bonchev–Trinajstić information content (AvgIpc) is 3.04. The third-order valence-electron chi connectivity index (χ3n) is 3.49. The molecule has 7 heteroatoms. The maximum absolute atomic E-state index is 13.5. The Labute approximate surface area is 126 Å². The van der Waals surface area contributed by atoms with E-state index in [0.29, 0.717) is 6.07 Å². The van der Waals surface area contributed by atoms with Gasteiger partial charge in [0.25, 0.3) is 5.91 Å². The average molecular weight is 304 g/mol. The van der Waals surface area contributed by atoms with Gasteiger partial charge in [0.1, 0.15) is 11.6 Å². The van der Waals surface area contributed by atoms with Crippen molar-refractivity contribution < 1.29 is 13.6 Å². The van der Waals surface area contributed by atoms with Crippen molar-refractivity contribution in [1.29, 1.82) is 0 Å². The predicted octanol–water partition coefficient (Wildman–Crippen LogP) is 2.61. The van der Waals surface area contributed by atoms with Gasteiger partial charge in [-0.2, -0.15) is 0 Å². The zero-order chi connectivity index (χ0) is 15.5. The van der Waals surface area contributed by atoms with Gasteiger partial charge in [-0.1, -0.05) is 0 Å². The van der Waals surface area contributed by atoms with Gasteiger partial charge >= 0.3 is 0 Å². The lowest BCUT2D eigenvalue weighted by atomic mass is 10.2. The first kappa shape index (κ1) is 14.4. The van der Waals surface area contributed by atoms with Crippen molar-refractivity contribution in [2.75, 3.05) is 23.3 Å². The summed E-state index contributed by atoms with van der Waals surface area (Å²) in [7, 11) is 0. The Kier molecular flexibility index (Phi) is 3.95. The second-order valence-electron chi connectivity index (χ2n) is 5.05. The Morgan fingerprint density at radius 2 is 1.86 bits per heavy atom. The minimum absolute atomic E-state index is 0.0756. The van der Waals surface area contributed by atoms with Crippen LogP contribution in [0.2, 0.25) is 0 Å². The summed E-state index contributed by atoms with van der Waals surface area (Å²) in [5.41, 5.74) is -0.0245. The highest BCUT2D eigenvalue weighted by molar-refractivity contribution is 6.02. The maximum Gasteiger partial charge on any atom is 0.276 e. The van der Waals surface area contributed by atoms with Crippen LogP contribution in [0.4, 0.5) is 20.3 Å². The summed E-state index contributed by atoms with van der Waals surface area (Å²) in [4.78, 5) is 14.1. The summed E-state index contributed by atoms with van der Waals surface area (Å²) in [5, 5.41) is 10.2. The molecule has 1 saturated heterocycles. The first-order chi connectivity index (χ1) is 10.6. The zero-order valence-electron chi connectivity index (χ0n) is 11.7. The Balaban J connectivity index is 1.71. The van der Waals surface area contributed by atoms with E-state index in [0.717, 1.165) is 43.9 Å². The Bertz CT molecular complexity index is 684. The molecule has 0 radical (unpaired) electrons. The number of carbonyl (C=O) groups excluding carboxylic acids is 1. The van der Waals surface area contributed by atoms with E-state index < -0.39 is 17.5 Å². The number of benzene rings is 1. The van der Waals surface area contributed by atoms with E-state index in [-0.39, 0.29) is 11.4 Å². The van der Waals surface area contributed by atoms with Crippen LogP contribution in [-0.4, -0.2) is 29.2 Å². The van der Waals surface area contributed by atoms with E-state index in [1.807, 2.05) is 0 Å². The second-order valence-corrected chi connectivity index (χ2v) is 5.05. The summed E-state index contributed by atoms with van der Waals surface area (Å²) >= 11 is 0. The molecule has 0 saturated carbocycles. The maximum atomic E-state index is 13.5. The number of anilines is 2. The van der Waals surface area contributed by atoms with Gasteiger partial charge in [-0.3, -0.25) is 4.79 Å². The van der Waals surface area contributed by atoms with Crippen molar-refractivity contribution in [3.63, 3.8) is 0 Å². The number of halogens is 2. The summed E-state index contributed by atoms with van der Waals surface area (Å²) in [6, 6.07) is 6.19. The molecule has 0 spiro atoms. The molecule has 0 aliphatic carbocycles. The number of carbonyl (C=O) groups is 1. The normalized spacial score (nSPS) is 14.2. The highest BCUT2D eigenvalue weighted by Gasteiger charge is 2.16. The van der Waals surface area contributed by atoms with Crippen LogP contribution in [0.3, 0.4) is 0 Å². The van der Waals surface area contributed by atoms with Crippen molar-refractivity contribution in [3.8, 4) is 0 Å². The molecule has 0 atom stereocenters. The first-order valence-corrected chi connectivity index (χ1v) is 6.98. The lowest BCUT2D eigenvalue weighted by molar-refractivity contribution is 0.102. The van der Waals surface area contributed by atoms with Gasteiger partial charge in [0.2, 0.25) is 0 Å². The van der Waals surface area contributed by atoms with Crippen molar-refractivity contribution in [2.24, 2.45) is 0 Å². The molecule has 1 aromatic heterocycles. The van der Waals surface area contributed by atoms with E-state index in [2.05, 4.69) is 20.4 Å². The fourth-order valence-electron chi connectivity index (χ4n) is 2.34. The first-order valence-electron chi connectivity index (χ1n) is 6.98. The van der Waals surface area contributed by atoms with Gasteiger partial charge in [-0.05, 0) is 37.1 Å². The van der Waals surface area contributed by atoms with Crippen molar-refractivity contribution in [3.05, 3.63) is 47.7 Å². The molecule has 1 N–H and O–H groups in total. The molecular weight excluding hydrogens is 290 g/mol. The molecular formula is C15H14F2N4O. The molecule has 2 aromatic rings. The summed E-state index contributed by atoms with van der Waals surface area (Å²) < 4.78 is 26.3. The second kappa shape index (κ2) is 6.05. The Hall–Kier alpha value is -2.57. The molecule has 1 aliphatic rings. The van der Waals surface area contributed by atoms with Gasteiger partial charge in [0.05, 0.1) is 5.69 Å². The largest absolute Gasteiger partial charge is 0.355 e. The van der Waals surface area contributed by atoms with Crippen LogP contribution in [0.1, 0.15) is 23.3 Å².